The summed E-state index contributed by atoms with van der Waals surface area (Å²) >= 11 is 0. The first kappa shape index (κ1) is 55.3. The van der Waals surface area contributed by atoms with Crippen LogP contribution in [-0.4, -0.2) is 168 Å². The lowest BCUT2D eigenvalue weighted by Gasteiger charge is -2.58. The van der Waals surface area contributed by atoms with Crippen molar-refractivity contribution in [2.75, 3.05) is 132 Å². The summed E-state index contributed by atoms with van der Waals surface area (Å²) in [6.07, 6.45) is 19.6. The zero-order valence-electron chi connectivity index (χ0n) is 48.9. The van der Waals surface area contributed by atoms with Gasteiger partial charge in [-0.3, -0.25) is 9.59 Å². The van der Waals surface area contributed by atoms with E-state index in [2.05, 4.69) is 5.57 Å². The number of hydrogen-bond donors (Lipinski definition) is 0. The van der Waals surface area contributed by atoms with Crippen LogP contribution in [-0.2, 0) is 71.2 Å². The second kappa shape index (κ2) is 23.5. The topological polar surface area (TPSA) is 154 Å². The average molecular weight is 1140 g/mol. The molecule has 18 rings (SSSR count). The van der Waals surface area contributed by atoms with E-state index < -0.39 is 5.41 Å². The van der Waals surface area contributed by atoms with Crippen molar-refractivity contribution in [3.63, 3.8) is 0 Å². The fourth-order valence-electron chi connectivity index (χ4n) is 24.0. The van der Waals surface area contributed by atoms with Gasteiger partial charge in [-0.05, 0) is 232 Å². The SMILES string of the molecule is O=C1OCCOCCOCCOC2CCC(CC2)OCCOCCOCCOCCOC2CCC(CC2)OCCOCCOCCOC(=O)C12[C@@H]1[C@H]3C[C@H]4CC5C[C@@H]6CC[C@@H]7C[C@@H]8CC9CC([C@@H]%10C%11=C9C8=C8C9C([C@H]5[C@H]4[C@H](C%119)[C@H]3%10)[C@H]6[C@@H]87)[C@@H]12. The van der Waals surface area contributed by atoms with E-state index in [1.807, 2.05) is 16.7 Å². The Morgan fingerprint density at radius 1 is 0.293 bits per heavy atom. The predicted octanol–water partition coefficient (Wildman–Crippen LogP) is 8.09. The van der Waals surface area contributed by atoms with Crippen LogP contribution in [0.15, 0.2) is 22.3 Å². The molecule has 4 bridgehead atoms. The van der Waals surface area contributed by atoms with E-state index in [0.29, 0.717) is 135 Å². The molecule has 3 heterocycles. The van der Waals surface area contributed by atoms with Gasteiger partial charge >= 0.3 is 11.9 Å². The van der Waals surface area contributed by atoms with Crippen LogP contribution in [0.3, 0.4) is 0 Å². The molecule has 454 valence electrons. The normalized spacial score (nSPS) is 50.8. The van der Waals surface area contributed by atoms with Crippen LogP contribution in [0, 0.1) is 124 Å². The molecular weight excluding hydrogens is 1040 g/mol. The molecule has 3 saturated heterocycles. The number of fused-ring (bicyclic) bond motifs is 5. The van der Waals surface area contributed by atoms with Crippen LogP contribution >= 0.6 is 0 Å². The third-order valence-corrected chi connectivity index (χ3v) is 25.8. The molecule has 82 heavy (non-hydrogen) atoms. The molecule has 0 amide bonds. The van der Waals surface area contributed by atoms with E-state index in [1.165, 1.54) is 44.9 Å². The summed E-state index contributed by atoms with van der Waals surface area (Å²) in [7, 11) is 0. The van der Waals surface area contributed by atoms with Gasteiger partial charge in [0.05, 0.1) is 143 Å². The van der Waals surface area contributed by atoms with Crippen LogP contribution in [0.1, 0.15) is 103 Å². The smallest absolute Gasteiger partial charge is 0.324 e. The molecule has 3 aliphatic heterocycles. The van der Waals surface area contributed by atoms with Crippen molar-refractivity contribution in [3.05, 3.63) is 22.3 Å². The van der Waals surface area contributed by atoms with Gasteiger partial charge in [-0.25, -0.2) is 0 Å². The molecule has 0 aromatic carbocycles. The van der Waals surface area contributed by atoms with E-state index in [9.17, 15) is 0 Å². The van der Waals surface area contributed by atoms with Gasteiger partial charge in [0, 0.05) is 0 Å². The monoisotopic (exact) mass is 1140 g/mol. The standard InChI is InChI=1S/C67H96O15/c68-65-67(63-47-35-41-33-39-31-37-1-2-38-32-40-34-42-36-48(64(63)67)56-55(47)59-53(41)51(39)57-49(37)50(38)58-52(40)54(42)60(56)62(59)61(57)58)66(69)82-30-24-76-18-16-74-22-28-80-46-9-5-44(6-10-46)78-26-20-72-14-12-70-11-13-71-19-25-77-43-3-7-45(8-4-43)79-27-21-73-15-17-75-23-29-81-65/h37-51,53,55-57,59,61-64H,1-36H2/t37-,38+,39?,40+,41+,42?,43?,44?,45?,46?,47-,48?,49+,50-,51+,53-,55+,56-,57?,59-,61?,62?,63+,64-,67?/m0/s1. The summed E-state index contributed by atoms with van der Waals surface area (Å²) in [5.41, 5.74) is 6.56. The zero-order valence-corrected chi connectivity index (χ0v) is 48.9. The Balaban J connectivity index is 0.577. The summed E-state index contributed by atoms with van der Waals surface area (Å²) in [5.74, 6) is 12.6. The lowest BCUT2D eigenvalue weighted by Crippen LogP contribution is -2.54. The van der Waals surface area contributed by atoms with E-state index in [0.717, 1.165) is 135 Å². The van der Waals surface area contributed by atoms with Gasteiger partial charge in [0.2, 0.25) is 0 Å². The van der Waals surface area contributed by atoms with E-state index in [1.54, 1.807) is 0 Å². The lowest BCUT2D eigenvalue weighted by atomic mass is 9.46. The summed E-state index contributed by atoms with van der Waals surface area (Å²) in [4.78, 5) is 30.7. The first-order valence-corrected chi connectivity index (χ1v) is 33.9. The van der Waals surface area contributed by atoms with Crippen LogP contribution in [0.4, 0.5) is 0 Å². The molecule has 0 aromatic heterocycles. The van der Waals surface area contributed by atoms with Gasteiger partial charge < -0.3 is 61.6 Å². The van der Waals surface area contributed by atoms with Gasteiger partial charge in [0.1, 0.15) is 13.2 Å². The molecule has 12 saturated carbocycles. The Hall–Kier alpha value is -2.02. The quantitative estimate of drug-likeness (QED) is 0.169. The van der Waals surface area contributed by atoms with Crippen molar-refractivity contribution >= 4 is 11.9 Å². The zero-order chi connectivity index (χ0) is 54.5. The van der Waals surface area contributed by atoms with Crippen molar-refractivity contribution in [3.8, 4) is 0 Å². The maximum Gasteiger partial charge on any atom is 0.324 e. The predicted molar refractivity (Wildman–Crippen MR) is 297 cm³/mol. The maximum absolute atomic E-state index is 15.4. The number of hydrogen-bond acceptors (Lipinski definition) is 15. The molecule has 0 radical (unpaired) electrons. The highest BCUT2D eigenvalue weighted by Crippen LogP contribution is 2.88. The first-order chi connectivity index (χ1) is 40.6. The highest BCUT2D eigenvalue weighted by Gasteiger charge is 2.88. The van der Waals surface area contributed by atoms with Crippen molar-refractivity contribution in [2.45, 2.75) is 127 Å². The second-order valence-corrected chi connectivity index (χ2v) is 28.8. The van der Waals surface area contributed by atoms with Crippen molar-refractivity contribution < 1.29 is 71.2 Å². The Labute approximate surface area is 486 Å². The Kier molecular flexibility index (Phi) is 15.8. The van der Waals surface area contributed by atoms with Crippen molar-refractivity contribution in [1.82, 2.24) is 0 Å². The molecule has 15 heteroatoms. The summed E-state index contributed by atoms with van der Waals surface area (Å²) in [5, 5.41) is 0. The van der Waals surface area contributed by atoms with Crippen LogP contribution in [0.25, 0.3) is 0 Å². The summed E-state index contributed by atoms with van der Waals surface area (Å²) in [6, 6.07) is 0. The maximum atomic E-state index is 15.4. The minimum absolute atomic E-state index is 0.0152. The Bertz CT molecular complexity index is 2310. The second-order valence-electron chi connectivity index (χ2n) is 28.8. The van der Waals surface area contributed by atoms with Gasteiger partial charge in [-0.15, -0.1) is 0 Å². The largest absolute Gasteiger partial charge is 0.462 e. The number of allylic oxidation sites excluding steroid dienone is 4. The molecule has 0 aromatic rings. The Morgan fingerprint density at radius 2 is 0.683 bits per heavy atom. The molecule has 1 spiro atoms. The first-order valence-electron chi connectivity index (χ1n) is 33.9. The van der Waals surface area contributed by atoms with E-state index in [4.69, 9.17) is 61.6 Å². The minimum Gasteiger partial charge on any atom is -0.462 e. The Morgan fingerprint density at radius 3 is 1.18 bits per heavy atom. The molecule has 15 nitrogen and oxygen atoms in total. The number of rotatable bonds is 0. The van der Waals surface area contributed by atoms with Crippen LogP contribution in [0.2, 0.25) is 0 Å². The highest BCUT2D eigenvalue weighted by atomic mass is 16.6. The molecule has 0 N–H and O–H groups in total. The summed E-state index contributed by atoms with van der Waals surface area (Å²) in [6.45, 7) is 8.86. The fourth-order valence-corrected chi connectivity index (χ4v) is 24.0. The minimum atomic E-state index is -1.27. The third-order valence-electron chi connectivity index (χ3n) is 25.8. The van der Waals surface area contributed by atoms with Gasteiger partial charge in [-0.1, -0.05) is 11.1 Å². The molecule has 18 aliphatic rings. The molecular formula is C67H96O15. The molecule has 6 unspecified atom stereocenters. The number of ether oxygens (including phenoxy) is 13. The number of carbonyl (C=O) groups is 2. The van der Waals surface area contributed by atoms with Crippen molar-refractivity contribution in [1.29, 1.82) is 0 Å². The van der Waals surface area contributed by atoms with E-state index >= 15 is 9.59 Å². The van der Waals surface area contributed by atoms with E-state index in [-0.39, 0.29) is 74.6 Å². The third kappa shape index (κ3) is 9.29. The number of carbonyl (C=O) groups excluding carboxylic acids is 2. The lowest BCUT2D eigenvalue weighted by molar-refractivity contribution is -0.169. The van der Waals surface area contributed by atoms with Gasteiger partial charge in [0.25, 0.3) is 0 Å². The van der Waals surface area contributed by atoms with Crippen molar-refractivity contribution in [2.24, 2.45) is 124 Å². The van der Waals surface area contributed by atoms with Gasteiger partial charge in [-0.2, -0.15) is 0 Å². The average Bonchev–Trinajstić information content (AvgIpc) is 1.48. The highest BCUT2D eigenvalue weighted by molar-refractivity contribution is 6.05. The molecule has 20 atom stereocenters. The summed E-state index contributed by atoms with van der Waals surface area (Å²) < 4.78 is 78.4. The fraction of sp³-hybridized carbons (Fsp3) is 0.910. The number of esters is 2. The van der Waals surface area contributed by atoms with Crippen LogP contribution in [0.5, 0.6) is 0 Å². The van der Waals surface area contributed by atoms with Gasteiger partial charge in [0.15, 0.2) is 5.41 Å². The molecule has 15 aliphatic carbocycles. The van der Waals surface area contributed by atoms with Crippen LogP contribution < -0.4 is 0 Å². The molecule has 15 fully saturated rings.